The average molecular weight is 351 g/mol. The fraction of sp³-hybridized carbons (Fsp3) is 0.583. The number of nitrogens with two attached hydrogens (primary N) is 1. The van der Waals surface area contributed by atoms with Crippen molar-refractivity contribution >= 4 is 23.8 Å². The molecular weight excluding hydrogens is 334 g/mol. The van der Waals surface area contributed by atoms with Crippen molar-refractivity contribution in [2.24, 2.45) is 5.73 Å². The number of primary amides is 1. The molecular formula is C12H17N9O4. The van der Waals surface area contributed by atoms with E-state index in [0.717, 1.165) is 4.80 Å². The molecule has 0 unspecified atom stereocenters. The Morgan fingerprint density at radius 2 is 2.08 bits per heavy atom. The number of rotatable bonds is 5. The lowest BCUT2D eigenvalue weighted by atomic mass is 10.0. The maximum atomic E-state index is 12.2. The largest absolute Gasteiger partial charge is 0.369 e. The second kappa shape index (κ2) is 6.70. The molecule has 25 heavy (non-hydrogen) atoms. The number of amides is 5. The zero-order valence-electron chi connectivity index (χ0n) is 13.1. The van der Waals surface area contributed by atoms with Crippen molar-refractivity contribution in [1.82, 2.24) is 41.3 Å². The lowest BCUT2D eigenvalue weighted by Gasteiger charge is -2.29. The fourth-order valence-electron chi connectivity index (χ4n) is 2.80. The summed E-state index contributed by atoms with van der Waals surface area (Å²) in [5.74, 6) is -1.57. The molecule has 13 heteroatoms. The number of aromatic nitrogens is 4. The Bertz CT molecular complexity index is 717. The van der Waals surface area contributed by atoms with Crippen LogP contribution in [0.1, 0.15) is 18.7 Å². The SMILES string of the molecule is NC(=O)Cc1nnn(CC(=O)NNC(=O)[C@@H]2CC[C@@H]3CN2C(=O)N3)n1. The first-order valence-electron chi connectivity index (χ1n) is 7.63. The topological polar surface area (TPSA) is 177 Å². The second-order valence-electron chi connectivity index (χ2n) is 5.81. The summed E-state index contributed by atoms with van der Waals surface area (Å²) < 4.78 is 0. The van der Waals surface area contributed by atoms with Gasteiger partial charge in [-0.15, -0.1) is 10.2 Å². The number of tetrazole rings is 1. The van der Waals surface area contributed by atoms with E-state index < -0.39 is 23.8 Å². The first-order valence-corrected chi connectivity index (χ1v) is 7.63. The Balaban J connectivity index is 1.47. The highest BCUT2D eigenvalue weighted by molar-refractivity contribution is 5.90. The average Bonchev–Trinajstić information content (AvgIpc) is 3.09. The second-order valence-corrected chi connectivity index (χ2v) is 5.81. The molecule has 1 aromatic rings. The van der Waals surface area contributed by atoms with Crippen molar-refractivity contribution in [2.45, 2.75) is 37.9 Å². The van der Waals surface area contributed by atoms with E-state index in [4.69, 9.17) is 5.73 Å². The van der Waals surface area contributed by atoms with E-state index in [1.54, 1.807) is 0 Å². The number of nitrogens with one attached hydrogen (secondary N) is 3. The lowest BCUT2D eigenvalue weighted by molar-refractivity contribution is -0.132. The van der Waals surface area contributed by atoms with E-state index in [1.165, 1.54) is 4.90 Å². The highest BCUT2D eigenvalue weighted by Gasteiger charge is 2.41. The summed E-state index contributed by atoms with van der Waals surface area (Å²) in [6, 6.07) is -0.812. The minimum atomic E-state index is -0.620. The van der Waals surface area contributed by atoms with E-state index in [1.807, 2.05) is 0 Å². The zero-order chi connectivity index (χ0) is 18.0. The molecule has 1 aromatic heterocycles. The van der Waals surface area contributed by atoms with Gasteiger partial charge in [0.1, 0.15) is 12.6 Å². The summed E-state index contributed by atoms with van der Waals surface area (Å²) in [5.41, 5.74) is 9.53. The highest BCUT2D eigenvalue weighted by atomic mass is 16.2. The van der Waals surface area contributed by atoms with Crippen molar-refractivity contribution in [2.75, 3.05) is 6.54 Å². The van der Waals surface area contributed by atoms with Crippen molar-refractivity contribution in [3.8, 4) is 0 Å². The molecule has 0 aromatic carbocycles. The summed E-state index contributed by atoms with van der Waals surface area (Å²) in [7, 11) is 0. The lowest BCUT2D eigenvalue weighted by Crippen LogP contribution is -2.54. The number of piperidine rings is 1. The van der Waals surface area contributed by atoms with Crippen LogP contribution in [0.4, 0.5) is 4.79 Å². The van der Waals surface area contributed by atoms with Crippen LogP contribution in [0.2, 0.25) is 0 Å². The molecule has 5 amide bonds. The number of nitrogens with zero attached hydrogens (tertiary/aromatic N) is 5. The molecule has 13 nitrogen and oxygen atoms in total. The summed E-state index contributed by atoms with van der Waals surface area (Å²) >= 11 is 0. The standard InChI is InChI=1S/C12H17N9O4/c13-8(22)3-9-15-19-21(18-9)5-10(23)16-17-11(24)7-2-1-6-4-20(7)12(25)14-6/h6-7H,1-5H2,(H2,13,22)(H,14,25)(H,16,23)(H,17,24)/t6-,7+/m1/s1. The van der Waals surface area contributed by atoms with Gasteiger partial charge in [-0.25, -0.2) is 4.79 Å². The molecule has 2 saturated heterocycles. The molecule has 0 spiro atoms. The van der Waals surface area contributed by atoms with Crippen LogP contribution in [-0.2, 0) is 27.3 Å². The van der Waals surface area contributed by atoms with Crippen LogP contribution in [0, 0.1) is 0 Å². The monoisotopic (exact) mass is 351 g/mol. The van der Waals surface area contributed by atoms with E-state index in [-0.39, 0.29) is 30.9 Å². The third-order valence-corrected chi connectivity index (χ3v) is 3.91. The Hall–Kier alpha value is -3.25. The molecule has 2 atom stereocenters. The molecule has 2 aliphatic rings. The van der Waals surface area contributed by atoms with Gasteiger partial charge in [0.25, 0.3) is 11.8 Å². The fourth-order valence-corrected chi connectivity index (χ4v) is 2.80. The Morgan fingerprint density at radius 1 is 1.28 bits per heavy atom. The van der Waals surface area contributed by atoms with Crippen LogP contribution in [0.5, 0.6) is 0 Å². The number of urea groups is 1. The molecule has 2 aliphatic heterocycles. The molecule has 134 valence electrons. The van der Waals surface area contributed by atoms with E-state index in [9.17, 15) is 19.2 Å². The van der Waals surface area contributed by atoms with Crippen LogP contribution in [0.25, 0.3) is 0 Å². The van der Waals surface area contributed by atoms with Crippen molar-refractivity contribution < 1.29 is 19.2 Å². The first-order chi connectivity index (χ1) is 11.9. The third kappa shape index (κ3) is 3.81. The number of hydrogen-bond donors (Lipinski definition) is 4. The minimum absolute atomic E-state index is 0.0825. The summed E-state index contributed by atoms with van der Waals surface area (Å²) in [6.45, 7) is 0.180. The van der Waals surface area contributed by atoms with Gasteiger partial charge in [-0.1, -0.05) is 0 Å². The summed E-state index contributed by atoms with van der Waals surface area (Å²) in [5, 5.41) is 13.8. The predicted octanol–water partition coefficient (Wildman–Crippen LogP) is -3.60. The van der Waals surface area contributed by atoms with Crippen molar-refractivity contribution in [3.63, 3.8) is 0 Å². The Kier molecular flexibility index (Phi) is 4.45. The number of carbonyl (C=O) groups excluding carboxylic acids is 4. The van der Waals surface area contributed by atoms with Gasteiger partial charge in [-0.3, -0.25) is 25.2 Å². The van der Waals surface area contributed by atoms with E-state index in [2.05, 4.69) is 31.6 Å². The van der Waals surface area contributed by atoms with Gasteiger partial charge in [0.15, 0.2) is 5.82 Å². The van der Waals surface area contributed by atoms with Gasteiger partial charge in [0, 0.05) is 12.6 Å². The summed E-state index contributed by atoms with van der Waals surface area (Å²) in [6.07, 6.45) is 1.05. The van der Waals surface area contributed by atoms with Gasteiger partial charge in [-0.05, 0) is 18.1 Å². The number of carbonyl (C=O) groups is 4. The van der Waals surface area contributed by atoms with E-state index >= 15 is 0 Å². The third-order valence-electron chi connectivity index (χ3n) is 3.91. The minimum Gasteiger partial charge on any atom is -0.369 e. The quantitative estimate of drug-likeness (QED) is 0.396. The van der Waals surface area contributed by atoms with Gasteiger partial charge >= 0.3 is 6.03 Å². The van der Waals surface area contributed by atoms with E-state index in [0.29, 0.717) is 19.4 Å². The molecule has 0 saturated carbocycles. The van der Waals surface area contributed by atoms with Crippen molar-refractivity contribution in [1.29, 1.82) is 0 Å². The van der Waals surface area contributed by atoms with Crippen LogP contribution in [0.3, 0.4) is 0 Å². The molecule has 2 bridgehead atoms. The number of fused-ring (bicyclic) bond motifs is 2. The first kappa shape index (κ1) is 16.6. The molecule has 3 heterocycles. The van der Waals surface area contributed by atoms with Gasteiger partial charge < -0.3 is 16.0 Å². The number of hydrogen-bond acceptors (Lipinski definition) is 7. The Morgan fingerprint density at radius 3 is 2.84 bits per heavy atom. The van der Waals surface area contributed by atoms with Crippen LogP contribution < -0.4 is 21.9 Å². The molecule has 3 rings (SSSR count). The molecule has 0 aliphatic carbocycles. The molecule has 5 N–H and O–H groups in total. The maximum Gasteiger partial charge on any atom is 0.318 e. The van der Waals surface area contributed by atoms with Crippen molar-refractivity contribution in [3.05, 3.63) is 5.82 Å². The molecule has 0 radical (unpaired) electrons. The van der Waals surface area contributed by atoms with Gasteiger partial charge in [0.05, 0.1) is 6.42 Å². The summed E-state index contributed by atoms with van der Waals surface area (Å²) in [4.78, 5) is 48.9. The highest BCUT2D eigenvalue weighted by Crippen LogP contribution is 2.22. The zero-order valence-corrected chi connectivity index (χ0v) is 13.1. The van der Waals surface area contributed by atoms with Gasteiger partial charge in [-0.2, -0.15) is 4.80 Å². The van der Waals surface area contributed by atoms with Crippen LogP contribution in [-0.4, -0.2) is 67.5 Å². The maximum absolute atomic E-state index is 12.2. The molecule has 2 fully saturated rings. The number of hydrazine groups is 1. The van der Waals surface area contributed by atoms with Crippen LogP contribution in [0.15, 0.2) is 0 Å². The Labute approximate surface area is 141 Å². The van der Waals surface area contributed by atoms with Crippen LogP contribution >= 0.6 is 0 Å². The predicted molar refractivity (Wildman–Crippen MR) is 79.0 cm³/mol. The normalized spacial score (nSPS) is 21.6. The van der Waals surface area contributed by atoms with Gasteiger partial charge in [0.2, 0.25) is 5.91 Å². The smallest absolute Gasteiger partial charge is 0.318 e.